The predicted octanol–water partition coefficient (Wildman–Crippen LogP) is 1.88. The zero-order valence-corrected chi connectivity index (χ0v) is 19.0. The molecule has 1 atom stereocenters. The van der Waals surface area contributed by atoms with Crippen LogP contribution in [0.1, 0.15) is 16.7 Å². The second-order valence-electron chi connectivity index (χ2n) is 7.26. The van der Waals surface area contributed by atoms with Gasteiger partial charge in [-0.05, 0) is 60.2 Å². The fraction of sp³-hybridized carbons (Fsp3) is 0.333. The number of carbonyl (C=O) groups excluding carboxylic acids is 1. The van der Waals surface area contributed by atoms with Gasteiger partial charge in [-0.25, -0.2) is 17.6 Å². The van der Waals surface area contributed by atoms with E-state index >= 15 is 0 Å². The average Bonchev–Trinajstić information content (AvgIpc) is 2.79. The first kappa shape index (κ1) is 28.0. The summed E-state index contributed by atoms with van der Waals surface area (Å²) in [6, 6.07) is 9.62. The molecule has 2 aromatic rings. The molecule has 0 aliphatic heterocycles. The summed E-state index contributed by atoms with van der Waals surface area (Å²) in [5.74, 6) is -3.39. The van der Waals surface area contributed by atoms with E-state index in [0.717, 1.165) is 22.6 Å². The van der Waals surface area contributed by atoms with E-state index in [0.29, 0.717) is 17.4 Å². The molecule has 0 unspecified atom stereocenters. The van der Waals surface area contributed by atoms with Crippen molar-refractivity contribution in [1.82, 2.24) is 10.2 Å². The van der Waals surface area contributed by atoms with Crippen molar-refractivity contribution in [2.45, 2.75) is 30.5 Å². The molecule has 9 nitrogen and oxygen atoms in total. The van der Waals surface area contributed by atoms with Crippen LogP contribution in [0.15, 0.2) is 41.3 Å². The number of aliphatic hydroxyl groups is 1. The highest BCUT2D eigenvalue weighted by Crippen LogP contribution is 2.20. The maximum Gasteiger partial charge on any atom is 0.492 e. The molecule has 0 bridgehead atoms. The molecule has 0 aliphatic rings. The summed E-state index contributed by atoms with van der Waals surface area (Å²) < 4.78 is 79.8. The van der Waals surface area contributed by atoms with Crippen molar-refractivity contribution >= 4 is 16.0 Å². The normalized spacial score (nSPS) is 12.6. The van der Waals surface area contributed by atoms with Gasteiger partial charge in [0.2, 0.25) is 0 Å². The number of sulfonamides is 1. The second kappa shape index (κ2) is 11.9. The van der Waals surface area contributed by atoms with Crippen molar-refractivity contribution in [2.75, 3.05) is 19.7 Å². The average molecular weight is 519 g/mol. The molecule has 3 N–H and O–H groups in total. The summed E-state index contributed by atoms with van der Waals surface area (Å²) in [6.07, 6.45) is -6.26. The number of aryl methyl sites for hydroxylation is 1. The van der Waals surface area contributed by atoms with E-state index in [-0.39, 0.29) is 31.7 Å². The van der Waals surface area contributed by atoms with Crippen LogP contribution in [0, 0.1) is 24.1 Å². The number of rotatable bonds is 11. The summed E-state index contributed by atoms with van der Waals surface area (Å²) in [7, 11) is -4.74. The topological polar surface area (TPSA) is 138 Å². The van der Waals surface area contributed by atoms with Crippen LogP contribution in [0.3, 0.4) is 0 Å². The quantitative estimate of drug-likeness (QED) is 0.233. The van der Waals surface area contributed by atoms with Gasteiger partial charge >= 0.3 is 12.1 Å². The van der Waals surface area contributed by atoms with Gasteiger partial charge in [0.1, 0.15) is 30.3 Å². The lowest BCUT2D eigenvalue weighted by Crippen LogP contribution is -2.34. The molecule has 35 heavy (non-hydrogen) atoms. The maximum atomic E-state index is 14.3. The first-order chi connectivity index (χ1) is 16.3. The number of nitrogens with zero attached hydrogens (tertiary/aromatic N) is 1. The number of ether oxygens (including phenoxy) is 1. The fourth-order valence-electron chi connectivity index (χ4n) is 2.67. The number of carbonyl (C=O) groups is 1. The highest BCUT2D eigenvalue weighted by atomic mass is 32.2. The lowest BCUT2D eigenvalue weighted by molar-refractivity contribution is -0.203. The van der Waals surface area contributed by atoms with Crippen molar-refractivity contribution in [3.05, 3.63) is 58.9 Å². The number of hydrogen-bond acceptors (Lipinski definition) is 8. The molecular weight excluding hydrogens is 498 g/mol. The van der Waals surface area contributed by atoms with Gasteiger partial charge in [-0.1, -0.05) is 12.1 Å². The molecule has 0 aliphatic carbocycles. The van der Waals surface area contributed by atoms with E-state index in [1.54, 1.807) is 18.2 Å². The van der Waals surface area contributed by atoms with E-state index in [1.807, 2.05) is 13.0 Å². The molecule has 2 rings (SSSR count). The molecule has 0 spiro atoms. The second-order valence-corrected chi connectivity index (χ2v) is 8.90. The van der Waals surface area contributed by atoms with Crippen LogP contribution in [-0.2, 0) is 26.1 Å². The third kappa shape index (κ3) is 8.48. The van der Waals surface area contributed by atoms with E-state index in [4.69, 9.17) is 10.00 Å². The third-order valence-corrected chi connectivity index (χ3v) is 5.63. The van der Waals surface area contributed by atoms with E-state index in [2.05, 4.69) is 10.2 Å². The van der Waals surface area contributed by atoms with Gasteiger partial charge in [-0.15, -0.1) is 0 Å². The fourth-order valence-corrected chi connectivity index (χ4v) is 3.46. The van der Waals surface area contributed by atoms with Crippen LogP contribution >= 0.6 is 0 Å². The van der Waals surface area contributed by atoms with Crippen LogP contribution in [0.25, 0.3) is 0 Å². The minimum atomic E-state index is -5.41. The number of halogens is 4. The van der Waals surface area contributed by atoms with Crippen molar-refractivity contribution in [2.24, 2.45) is 0 Å². The molecular formula is C21H21F4N3O6S. The Morgan fingerprint density at radius 1 is 1.23 bits per heavy atom. The minimum Gasteiger partial charge on any atom is -0.489 e. The molecule has 0 heterocycles. The number of aliphatic hydroxyl groups excluding tert-OH is 1. The first-order valence-corrected chi connectivity index (χ1v) is 11.4. The van der Waals surface area contributed by atoms with E-state index in [1.165, 1.54) is 0 Å². The van der Waals surface area contributed by atoms with Gasteiger partial charge in [0.05, 0.1) is 10.5 Å². The maximum absolute atomic E-state index is 14.3. The molecule has 190 valence electrons. The highest BCUT2D eigenvalue weighted by Gasteiger charge is 2.42. The molecule has 0 amide bonds. The molecule has 0 saturated carbocycles. The molecule has 14 heteroatoms. The van der Waals surface area contributed by atoms with Crippen LogP contribution in [0.2, 0.25) is 0 Å². The van der Waals surface area contributed by atoms with E-state index in [9.17, 15) is 35.9 Å². The predicted molar refractivity (Wildman–Crippen MR) is 113 cm³/mol. The van der Waals surface area contributed by atoms with Crippen LogP contribution in [0.5, 0.6) is 5.75 Å². The summed E-state index contributed by atoms with van der Waals surface area (Å²) in [5, 5.41) is 22.0. The van der Waals surface area contributed by atoms with Crippen molar-refractivity contribution < 1.29 is 45.5 Å². The van der Waals surface area contributed by atoms with E-state index < -0.39 is 39.0 Å². The molecule has 0 radical (unpaired) electrons. The first-order valence-electron chi connectivity index (χ1n) is 9.94. The monoisotopic (exact) mass is 519 g/mol. The minimum absolute atomic E-state index is 0.0796. The van der Waals surface area contributed by atoms with Gasteiger partial charge in [0.25, 0.3) is 10.0 Å². The van der Waals surface area contributed by atoms with Crippen LogP contribution in [-0.4, -0.2) is 51.5 Å². The molecule has 0 fully saturated rings. The highest BCUT2D eigenvalue weighted by molar-refractivity contribution is 7.89. The lowest BCUT2D eigenvalue weighted by Gasteiger charge is -2.14. The van der Waals surface area contributed by atoms with Crippen LogP contribution < -0.4 is 14.9 Å². The van der Waals surface area contributed by atoms with Gasteiger partial charge < -0.3 is 20.0 Å². The Labute approximate surface area is 198 Å². The number of nitriles is 1. The zero-order chi connectivity index (χ0) is 26.2. The van der Waals surface area contributed by atoms with Gasteiger partial charge in [-0.2, -0.15) is 18.4 Å². The Morgan fingerprint density at radius 2 is 1.94 bits per heavy atom. The standard InChI is InChI=1S/C21H21F4N3O6S/c1-13-2-3-15(10-26)19(8-13)33-12-16(29)11-27-7-6-14-4-5-17(9-18(14)22)35(31,32)28-34-20(30)21(23,24)25/h2-5,8-9,16,27-29H,6-7,11-12H2,1H3/t16-/m0/s1. The summed E-state index contributed by atoms with van der Waals surface area (Å²) in [4.78, 5) is 14.3. The number of hydrogen-bond donors (Lipinski definition) is 3. The Balaban J connectivity index is 1.82. The van der Waals surface area contributed by atoms with Crippen molar-refractivity contribution in [3.8, 4) is 11.8 Å². The molecule has 0 saturated heterocycles. The zero-order valence-electron chi connectivity index (χ0n) is 18.2. The summed E-state index contributed by atoms with van der Waals surface area (Å²) in [6.45, 7) is 2.00. The van der Waals surface area contributed by atoms with Crippen molar-refractivity contribution in [3.63, 3.8) is 0 Å². The number of benzene rings is 2. The Kier molecular flexibility index (Phi) is 9.55. The van der Waals surface area contributed by atoms with Gasteiger partial charge in [0, 0.05) is 6.54 Å². The summed E-state index contributed by atoms with van der Waals surface area (Å²) in [5.41, 5.74) is 1.30. The Hall–Kier alpha value is -3.25. The van der Waals surface area contributed by atoms with Crippen molar-refractivity contribution in [1.29, 1.82) is 5.26 Å². The SMILES string of the molecule is Cc1ccc(C#N)c(OC[C@@H](O)CNCCc2ccc(S(=O)(=O)NOC(=O)C(F)(F)F)cc2F)c1. The largest absolute Gasteiger partial charge is 0.492 e. The van der Waals surface area contributed by atoms with Gasteiger partial charge in [0.15, 0.2) is 0 Å². The van der Waals surface area contributed by atoms with Crippen LogP contribution in [0.4, 0.5) is 17.6 Å². The Morgan fingerprint density at radius 3 is 2.57 bits per heavy atom. The number of nitrogens with one attached hydrogen (secondary N) is 2. The molecule has 2 aromatic carbocycles. The smallest absolute Gasteiger partial charge is 0.489 e. The molecule has 0 aromatic heterocycles. The third-order valence-electron chi connectivity index (χ3n) is 4.45. The lowest BCUT2D eigenvalue weighted by atomic mass is 10.1. The summed E-state index contributed by atoms with van der Waals surface area (Å²) >= 11 is 0. The number of alkyl halides is 3. The Bertz CT molecular complexity index is 1200. The van der Waals surface area contributed by atoms with Gasteiger partial charge in [-0.3, -0.25) is 0 Å².